The molecule has 5 rings (SSSR count). The Bertz CT molecular complexity index is 1990. The molecule has 2 N–H and O–H groups in total. The highest BCUT2D eigenvalue weighted by atomic mass is 35.5. The van der Waals surface area contributed by atoms with Gasteiger partial charge >= 0.3 is 12.1 Å². The van der Waals surface area contributed by atoms with Gasteiger partial charge < -0.3 is 5.11 Å². The molecule has 0 aliphatic heterocycles. The van der Waals surface area contributed by atoms with Gasteiger partial charge in [0.25, 0.3) is 0 Å². The van der Waals surface area contributed by atoms with Crippen LogP contribution in [0.15, 0.2) is 97.2 Å². The van der Waals surface area contributed by atoms with Crippen LogP contribution in [0.1, 0.15) is 21.7 Å². The number of benzene rings is 4. The maximum absolute atomic E-state index is 12.5. The molecule has 0 atom stereocenters. The number of aromatic carboxylic acids is 1. The number of rotatable bonds is 9. The SMILES string of the molecule is O=C(O)c1ccc(-n2cc(-c3ccc(Cl)cc3Cl)nc2/C=C/c2ccc(-c3ccc(NS(=O)(=O)CC(F)(F)F)cc3)cc2)cc1. The number of imidazole rings is 1. The summed E-state index contributed by atoms with van der Waals surface area (Å²) in [5.74, 6) is -2.46. The number of alkyl halides is 3. The predicted molar refractivity (Wildman–Crippen MR) is 170 cm³/mol. The molecule has 230 valence electrons. The number of sulfonamides is 1. The first-order valence-corrected chi connectivity index (χ1v) is 15.5. The molecule has 1 heterocycles. The average molecular weight is 673 g/mol. The summed E-state index contributed by atoms with van der Waals surface area (Å²) in [6.07, 6.45) is 0.594. The van der Waals surface area contributed by atoms with Crippen molar-refractivity contribution >= 4 is 57.0 Å². The maximum Gasteiger partial charge on any atom is 0.404 e. The minimum atomic E-state index is -4.85. The number of hydrogen-bond donors (Lipinski definition) is 2. The van der Waals surface area contributed by atoms with Crippen LogP contribution >= 0.6 is 23.2 Å². The Kier molecular flexibility index (Phi) is 9.06. The van der Waals surface area contributed by atoms with Gasteiger partial charge in [0.1, 0.15) is 5.82 Å². The molecular weight excluding hydrogens is 650 g/mol. The van der Waals surface area contributed by atoms with Gasteiger partial charge in [0.15, 0.2) is 5.75 Å². The normalized spacial score (nSPS) is 12.0. The van der Waals surface area contributed by atoms with Gasteiger partial charge in [-0.1, -0.05) is 65.7 Å². The molecule has 7 nitrogen and oxygen atoms in total. The standard InChI is InChI=1S/C32H22Cl2F3N3O4S/c33-24-10-15-27(28(34)17-24)29-18-40(26-13-8-23(9-14-26)31(41)42)30(38-29)16-3-20-1-4-21(5-2-20)22-6-11-25(12-7-22)39-45(43,44)19-32(35,36)37/h1-18,39H,19H2,(H,41,42)/b16-3+. The van der Waals surface area contributed by atoms with Crippen molar-refractivity contribution in [3.05, 3.63) is 124 Å². The van der Waals surface area contributed by atoms with Crippen molar-refractivity contribution in [2.75, 3.05) is 10.5 Å². The van der Waals surface area contributed by atoms with E-state index in [1.54, 1.807) is 59.3 Å². The molecule has 13 heteroatoms. The fraction of sp³-hybridized carbons (Fsp3) is 0.0625. The van der Waals surface area contributed by atoms with Crippen molar-refractivity contribution in [2.45, 2.75) is 6.18 Å². The molecule has 0 saturated heterocycles. The van der Waals surface area contributed by atoms with Crippen molar-refractivity contribution in [1.82, 2.24) is 9.55 Å². The molecule has 0 aliphatic rings. The third kappa shape index (κ3) is 8.13. The molecule has 0 radical (unpaired) electrons. The lowest BCUT2D eigenvalue weighted by Gasteiger charge is -2.11. The van der Waals surface area contributed by atoms with E-state index in [0.29, 0.717) is 32.8 Å². The monoisotopic (exact) mass is 671 g/mol. The molecule has 0 amide bonds. The van der Waals surface area contributed by atoms with Crippen LogP contribution in [0.4, 0.5) is 18.9 Å². The summed E-state index contributed by atoms with van der Waals surface area (Å²) in [5.41, 5.74) is 4.47. The van der Waals surface area contributed by atoms with Crippen LogP contribution in [-0.2, 0) is 10.0 Å². The van der Waals surface area contributed by atoms with E-state index in [2.05, 4.69) is 0 Å². The van der Waals surface area contributed by atoms with Crippen LogP contribution in [0.5, 0.6) is 0 Å². The van der Waals surface area contributed by atoms with E-state index in [0.717, 1.165) is 16.7 Å². The zero-order valence-corrected chi connectivity index (χ0v) is 25.3. The first-order valence-electron chi connectivity index (χ1n) is 13.1. The van der Waals surface area contributed by atoms with E-state index < -0.39 is 27.9 Å². The minimum absolute atomic E-state index is 0.0231. The molecule has 0 spiro atoms. The molecule has 0 saturated carbocycles. The smallest absolute Gasteiger partial charge is 0.404 e. The number of nitrogens with zero attached hydrogens (tertiary/aromatic N) is 2. The van der Waals surface area contributed by atoms with Gasteiger partial charge in [-0.3, -0.25) is 9.29 Å². The lowest BCUT2D eigenvalue weighted by atomic mass is 10.0. The third-order valence-corrected chi connectivity index (χ3v) is 8.32. The van der Waals surface area contributed by atoms with Gasteiger partial charge in [-0.05, 0) is 77.4 Å². The van der Waals surface area contributed by atoms with Crippen molar-refractivity contribution in [2.24, 2.45) is 0 Å². The van der Waals surface area contributed by atoms with Crippen LogP contribution in [0, 0.1) is 0 Å². The van der Waals surface area contributed by atoms with Gasteiger partial charge in [-0.15, -0.1) is 0 Å². The Labute approximate surface area is 266 Å². The number of carboxylic acids is 1. The zero-order valence-electron chi connectivity index (χ0n) is 23.0. The van der Waals surface area contributed by atoms with Gasteiger partial charge in [0, 0.05) is 28.2 Å². The summed E-state index contributed by atoms with van der Waals surface area (Å²) in [6, 6.07) is 24.9. The van der Waals surface area contributed by atoms with Crippen LogP contribution in [-0.4, -0.2) is 41.0 Å². The van der Waals surface area contributed by atoms with E-state index in [1.807, 2.05) is 35.1 Å². The van der Waals surface area contributed by atoms with Crippen LogP contribution < -0.4 is 4.72 Å². The quantitative estimate of drug-likeness (QED) is 0.163. The Morgan fingerprint density at radius 1 is 0.889 bits per heavy atom. The van der Waals surface area contributed by atoms with Crippen molar-refractivity contribution < 1.29 is 31.5 Å². The second-order valence-corrected chi connectivity index (χ2v) is 12.4. The first kappa shape index (κ1) is 31.8. The topological polar surface area (TPSA) is 101 Å². The molecule has 1 aromatic heterocycles. The average Bonchev–Trinajstić information content (AvgIpc) is 3.39. The summed E-state index contributed by atoms with van der Waals surface area (Å²) in [6.45, 7) is 0. The number of carbonyl (C=O) groups is 1. The summed E-state index contributed by atoms with van der Waals surface area (Å²) in [7, 11) is -4.57. The van der Waals surface area contributed by atoms with Gasteiger partial charge in [-0.25, -0.2) is 18.2 Å². The molecule has 0 fully saturated rings. The largest absolute Gasteiger partial charge is 0.478 e. The number of aromatic nitrogens is 2. The molecule has 0 aliphatic carbocycles. The Morgan fingerprint density at radius 2 is 1.51 bits per heavy atom. The number of carboxylic acid groups (broad SMARTS) is 1. The summed E-state index contributed by atoms with van der Waals surface area (Å²) >= 11 is 12.5. The van der Waals surface area contributed by atoms with Crippen LogP contribution in [0.3, 0.4) is 0 Å². The lowest BCUT2D eigenvalue weighted by Crippen LogP contribution is -2.27. The summed E-state index contributed by atoms with van der Waals surface area (Å²) < 4.78 is 64.7. The summed E-state index contributed by atoms with van der Waals surface area (Å²) in [4.78, 5) is 16.1. The van der Waals surface area contributed by atoms with Crippen LogP contribution in [0.25, 0.3) is 40.2 Å². The Hall–Kier alpha value is -4.58. The first-order chi connectivity index (χ1) is 21.3. The van der Waals surface area contributed by atoms with Gasteiger partial charge in [-0.2, -0.15) is 13.2 Å². The second-order valence-electron chi connectivity index (χ2n) is 9.84. The highest BCUT2D eigenvalue weighted by Gasteiger charge is 2.35. The van der Waals surface area contributed by atoms with E-state index in [4.69, 9.17) is 28.2 Å². The van der Waals surface area contributed by atoms with E-state index in [9.17, 15) is 31.5 Å². The van der Waals surface area contributed by atoms with Crippen LogP contribution in [0.2, 0.25) is 10.0 Å². The minimum Gasteiger partial charge on any atom is -0.478 e. The Morgan fingerprint density at radius 3 is 2.09 bits per heavy atom. The number of halogens is 5. The summed E-state index contributed by atoms with van der Waals surface area (Å²) in [5, 5.41) is 10.2. The zero-order chi connectivity index (χ0) is 32.4. The van der Waals surface area contributed by atoms with Crippen molar-refractivity contribution in [3.8, 4) is 28.1 Å². The molecular formula is C32H22Cl2F3N3O4S. The molecule has 4 aromatic carbocycles. The molecule has 5 aromatic rings. The third-order valence-electron chi connectivity index (χ3n) is 6.51. The molecule has 45 heavy (non-hydrogen) atoms. The maximum atomic E-state index is 12.5. The van der Waals surface area contributed by atoms with E-state index in [-0.39, 0.29) is 11.3 Å². The Balaban J connectivity index is 1.38. The number of nitrogens with one attached hydrogen (secondary N) is 1. The predicted octanol–water partition coefficient (Wildman–Crippen LogP) is 8.69. The van der Waals surface area contributed by atoms with Crippen molar-refractivity contribution in [3.63, 3.8) is 0 Å². The van der Waals surface area contributed by atoms with E-state index >= 15 is 0 Å². The highest BCUT2D eigenvalue weighted by molar-refractivity contribution is 7.92. The molecule has 0 unspecified atom stereocenters. The highest BCUT2D eigenvalue weighted by Crippen LogP contribution is 2.31. The lowest BCUT2D eigenvalue weighted by molar-refractivity contribution is -0.106. The van der Waals surface area contributed by atoms with E-state index in [1.165, 1.54) is 24.3 Å². The second kappa shape index (κ2) is 12.8. The molecule has 0 bridgehead atoms. The van der Waals surface area contributed by atoms with Gasteiger partial charge in [0.05, 0.1) is 16.3 Å². The number of hydrogen-bond acceptors (Lipinski definition) is 4. The fourth-order valence-electron chi connectivity index (χ4n) is 4.43. The van der Waals surface area contributed by atoms with Crippen molar-refractivity contribution in [1.29, 1.82) is 0 Å². The number of anilines is 1. The fourth-order valence-corrected chi connectivity index (χ4v) is 5.93. The van der Waals surface area contributed by atoms with Gasteiger partial charge in [0.2, 0.25) is 10.0 Å².